The molecule has 0 aromatic carbocycles. The molecule has 2 N–H and O–H groups in total. The summed E-state index contributed by atoms with van der Waals surface area (Å²) in [6.45, 7) is 4.63. The van der Waals surface area contributed by atoms with Gasteiger partial charge in [0.05, 0.1) is 14.7 Å². The Labute approximate surface area is 115 Å². The smallest absolute Gasteiger partial charge is 0.283 e. The molecule has 1 saturated heterocycles. The molecule has 2 atom stereocenters. The minimum atomic E-state index is -0.449. The first-order valence-electron chi connectivity index (χ1n) is 6.26. The first-order valence-corrected chi connectivity index (χ1v) is 7.08. The Morgan fingerprint density at radius 2 is 2.37 bits per heavy atom. The lowest BCUT2D eigenvalue weighted by Crippen LogP contribution is -2.46. The number of piperidine rings is 1. The summed E-state index contributed by atoms with van der Waals surface area (Å²) in [5.74, 6) is -0.208. The molecule has 6 nitrogen and oxygen atoms in total. The van der Waals surface area contributed by atoms with Gasteiger partial charge < -0.3 is 10.6 Å². The highest BCUT2D eigenvalue weighted by atomic mass is 32.1. The third-order valence-electron chi connectivity index (χ3n) is 3.27. The van der Waals surface area contributed by atoms with Crippen molar-refractivity contribution in [1.29, 1.82) is 0 Å². The second-order valence-corrected chi connectivity index (χ2v) is 6.12. The number of amides is 1. The summed E-state index contributed by atoms with van der Waals surface area (Å²) < 4.78 is 0. The van der Waals surface area contributed by atoms with E-state index in [0.29, 0.717) is 15.8 Å². The van der Waals surface area contributed by atoms with Gasteiger partial charge in [0.15, 0.2) is 0 Å². The highest BCUT2D eigenvalue weighted by molar-refractivity contribution is 7.14. The van der Waals surface area contributed by atoms with E-state index in [9.17, 15) is 14.9 Å². The van der Waals surface area contributed by atoms with E-state index >= 15 is 0 Å². The molecule has 1 amide bonds. The molecule has 19 heavy (non-hydrogen) atoms. The maximum Gasteiger partial charge on any atom is 0.283 e. The fourth-order valence-corrected chi connectivity index (χ4v) is 3.18. The maximum atomic E-state index is 12.1. The van der Waals surface area contributed by atoms with E-state index in [2.05, 4.69) is 17.6 Å². The lowest BCUT2D eigenvalue weighted by molar-refractivity contribution is -0.385. The van der Waals surface area contributed by atoms with Gasteiger partial charge in [-0.15, -0.1) is 11.3 Å². The monoisotopic (exact) mass is 283 g/mol. The summed E-state index contributed by atoms with van der Waals surface area (Å²) in [4.78, 5) is 23.4. The topological polar surface area (TPSA) is 84.3 Å². The van der Waals surface area contributed by atoms with Gasteiger partial charge in [-0.1, -0.05) is 0 Å². The Morgan fingerprint density at radius 1 is 1.63 bits per heavy atom. The Kier molecular flexibility index (Phi) is 4.16. The van der Waals surface area contributed by atoms with Gasteiger partial charge >= 0.3 is 0 Å². The van der Waals surface area contributed by atoms with Gasteiger partial charge in [-0.3, -0.25) is 14.9 Å². The van der Waals surface area contributed by atoms with Crippen LogP contribution in [0.25, 0.3) is 0 Å². The van der Waals surface area contributed by atoms with Gasteiger partial charge in [-0.25, -0.2) is 0 Å². The van der Waals surface area contributed by atoms with Gasteiger partial charge in [0.2, 0.25) is 0 Å². The Balaban J connectivity index is 2.03. The first kappa shape index (κ1) is 14.0. The van der Waals surface area contributed by atoms with Crippen LogP contribution in [-0.4, -0.2) is 29.5 Å². The Bertz CT molecular complexity index is 500. The fourth-order valence-electron chi connectivity index (χ4n) is 2.29. The van der Waals surface area contributed by atoms with Gasteiger partial charge in [-0.05, 0) is 33.2 Å². The molecule has 1 aliphatic rings. The van der Waals surface area contributed by atoms with Crippen molar-refractivity contribution in [3.63, 3.8) is 0 Å². The molecule has 0 radical (unpaired) electrons. The van der Waals surface area contributed by atoms with E-state index in [1.807, 2.05) is 0 Å². The van der Waals surface area contributed by atoms with Crippen molar-refractivity contribution in [2.75, 3.05) is 6.54 Å². The molecule has 1 aliphatic heterocycles. The summed E-state index contributed by atoms with van der Waals surface area (Å²) in [5.41, 5.74) is 0.0221. The fraction of sp³-hybridized carbons (Fsp3) is 0.583. The van der Waals surface area contributed by atoms with Crippen LogP contribution in [0.4, 0.5) is 5.69 Å². The molecule has 104 valence electrons. The number of nitrogens with one attached hydrogen (secondary N) is 2. The molecular weight excluding hydrogens is 266 g/mol. The standard InChI is InChI=1S/C12H17N3O3S/c1-7-5-9(3-4-13-7)14-12(16)11-6-10(15(17)18)8(2)19-11/h6-7,9,13H,3-5H2,1-2H3,(H,14,16). The largest absolute Gasteiger partial charge is 0.348 e. The van der Waals surface area contributed by atoms with Crippen molar-refractivity contribution < 1.29 is 9.72 Å². The number of aryl methyl sites for hydroxylation is 1. The second kappa shape index (κ2) is 5.66. The zero-order chi connectivity index (χ0) is 14.0. The molecule has 0 saturated carbocycles. The first-order chi connectivity index (χ1) is 8.97. The quantitative estimate of drug-likeness (QED) is 0.655. The molecule has 1 fully saturated rings. The van der Waals surface area contributed by atoms with E-state index in [1.165, 1.54) is 17.4 Å². The predicted octanol–water partition coefficient (Wildman–Crippen LogP) is 1.84. The van der Waals surface area contributed by atoms with E-state index in [1.54, 1.807) is 6.92 Å². The lowest BCUT2D eigenvalue weighted by atomic mass is 10.0. The van der Waals surface area contributed by atoms with Crippen molar-refractivity contribution in [1.82, 2.24) is 10.6 Å². The van der Waals surface area contributed by atoms with Crippen LogP contribution in [0, 0.1) is 17.0 Å². The molecule has 2 rings (SSSR count). The van der Waals surface area contributed by atoms with Crippen LogP contribution < -0.4 is 10.6 Å². The van der Waals surface area contributed by atoms with Crippen LogP contribution in [0.15, 0.2) is 6.07 Å². The van der Waals surface area contributed by atoms with E-state index in [-0.39, 0.29) is 17.6 Å². The number of hydrogen-bond donors (Lipinski definition) is 2. The molecule has 2 unspecified atom stereocenters. The van der Waals surface area contributed by atoms with Gasteiger partial charge in [0, 0.05) is 18.2 Å². The van der Waals surface area contributed by atoms with Gasteiger partial charge in [0.1, 0.15) is 0 Å². The summed E-state index contributed by atoms with van der Waals surface area (Å²) >= 11 is 1.17. The third-order valence-corrected chi connectivity index (χ3v) is 4.31. The van der Waals surface area contributed by atoms with Crippen molar-refractivity contribution in [3.05, 3.63) is 25.9 Å². The van der Waals surface area contributed by atoms with Crippen molar-refractivity contribution >= 4 is 22.9 Å². The molecular formula is C12H17N3O3S. The SMILES string of the molecule is Cc1sc(C(=O)NC2CCNC(C)C2)cc1[N+](=O)[O-]. The minimum Gasteiger partial charge on any atom is -0.348 e. The second-order valence-electron chi connectivity index (χ2n) is 4.86. The normalized spacial score (nSPS) is 23.1. The molecule has 0 aliphatic carbocycles. The third kappa shape index (κ3) is 3.30. The van der Waals surface area contributed by atoms with Crippen LogP contribution in [0.2, 0.25) is 0 Å². The van der Waals surface area contributed by atoms with Crippen molar-refractivity contribution in [3.8, 4) is 0 Å². The molecule has 0 spiro atoms. The Hall–Kier alpha value is -1.47. The van der Waals surface area contributed by atoms with Crippen molar-refractivity contribution in [2.45, 2.75) is 38.8 Å². The van der Waals surface area contributed by atoms with E-state index in [0.717, 1.165) is 19.4 Å². The summed E-state index contributed by atoms with van der Waals surface area (Å²) in [6, 6.07) is 1.89. The van der Waals surface area contributed by atoms with E-state index in [4.69, 9.17) is 0 Å². The number of thiophene rings is 1. The number of nitro groups is 1. The minimum absolute atomic E-state index is 0.0221. The molecule has 2 heterocycles. The summed E-state index contributed by atoms with van der Waals surface area (Å²) in [7, 11) is 0. The average molecular weight is 283 g/mol. The van der Waals surface area contributed by atoms with Crippen LogP contribution in [0.1, 0.15) is 34.3 Å². The highest BCUT2D eigenvalue weighted by Gasteiger charge is 2.23. The lowest BCUT2D eigenvalue weighted by Gasteiger charge is -2.28. The van der Waals surface area contributed by atoms with Gasteiger partial charge in [0.25, 0.3) is 11.6 Å². The summed E-state index contributed by atoms with van der Waals surface area (Å²) in [5, 5.41) is 17.0. The van der Waals surface area contributed by atoms with Crippen LogP contribution in [0.3, 0.4) is 0 Å². The number of carbonyl (C=O) groups is 1. The van der Waals surface area contributed by atoms with Crippen LogP contribution in [0.5, 0.6) is 0 Å². The zero-order valence-electron chi connectivity index (χ0n) is 10.9. The maximum absolute atomic E-state index is 12.1. The molecule has 1 aromatic rings. The Morgan fingerprint density at radius 3 is 2.95 bits per heavy atom. The number of rotatable bonds is 3. The number of nitrogens with zero attached hydrogens (tertiary/aromatic N) is 1. The van der Waals surface area contributed by atoms with Crippen molar-refractivity contribution in [2.24, 2.45) is 0 Å². The number of carbonyl (C=O) groups excluding carboxylic acids is 1. The summed E-state index contributed by atoms with van der Waals surface area (Å²) in [6.07, 6.45) is 1.78. The van der Waals surface area contributed by atoms with Crippen LogP contribution >= 0.6 is 11.3 Å². The average Bonchev–Trinajstić information content (AvgIpc) is 2.71. The highest BCUT2D eigenvalue weighted by Crippen LogP contribution is 2.28. The molecule has 7 heteroatoms. The molecule has 0 bridgehead atoms. The van der Waals surface area contributed by atoms with Gasteiger partial charge in [-0.2, -0.15) is 0 Å². The van der Waals surface area contributed by atoms with E-state index < -0.39 is 4.92 Å². The predicted molar refractivity (Wildman–Crippen MR) is 73.7 cm³/mol. The molecule has 1 aromatic heterocycles. The number of hydrogen-bond acceptors (Lipinski definition) is 5. The van der Waals surface area contributed by atoms with Crippen LogP contribution in [-0.2, 0) is 0 Å². The zero-order valence-corrected chi connectivity index (χ0v) is 11.8.